The van der Waals surface area contributed by atoms with E-state index in [0.29, 0.717) is 0 Å². The quantitative estimate of drug-likeness (QED) is 0.198. The Labute approximate surface area is 145 Å². The summed E-state index contributed by atoms with van der Waals surface area (Å²) in [5, 5.41) is 0. The molecule has 0 bridgehead atoms. The molecule has 19 heavy (non-hydrogen) atoms. The molecule has 0 aliphatic carbocycles. The number of nitrogens with two attached hydrogens (primary N) is 1. The minimum atomic E-state index is -0.485. The standard InChI is InChI=1S/C14H28ClNO2.Na.H/c1-2-3-4-5-6-7-8-9-10-11-13(16)18-14(17)12-15;;/h13H,2-12,16H2,1H3;;. The number of ether oxygens (including phenoxy) is 1. The van der Waals surface area contributed by atoms with Crippen LogP contribution in [0.1, 0.15) is 71.1 Å². The molecule has 2 N–H and O–H groups in total. The minimum absolute atomic E-state index is 0. The first-order chi connectivity index (χ1) is 8.70. The van der Waals surface area contributed by atoms with Gasteiger partial charge in [-0.15, -0.1) is 11.6 Å². The molecule has 110 valence electrons. The number of rotatable bonds is 12. The van der Waals surface area contributed by atoms with E-state index in [1.807, 2.05) is 0 Å². The van der Waals surface area contributed by atoms with Crippen LogP contribution >= 0.6 is 11.6 Å². The Morgan fingerprint density at radius 1 is 1.05 bits per heavy atom. The second-order valence-corrected chi connectivity index (χ2v) is 5.05. The molecule has 0 saturated heterocycles. The molecule has 0 rings (SSSR count). The van der Waals surface area contributed by atoms with E-state index in [4.69, 9.17) is 22.1 Å². The normalized spacial score (nSPS) is 11.7. The fourth-order valence-electron chi connectivity index (χ4n) is 1.92. The molecule has 1 atom stereocenters. The van der Waals surface area contributed by atoms with E-state index in [2.05, 4.69) is 6.92 Å². The molecule has 0 fully saturated rings. The Balaban J connectivity index is 0. The van der Waals surface area contributed by atoms with E-state index in [1.165, 1.54) is 51.4 Å². The van der Waals surface area contributed by atoms with Crippen molar-refractivity contribution in [2.75, 3.05) is 5.88 Å². The van der Waals surface area contributed by atoms with E-state index in [1.54, 1.807) is 0 Å². The summed E-state index contributed by atoms with van der Waals surface area (Å²) in [7, 11) is 0. The van der Waals surface area contributed by atoms with Gasteiger partial charge in [-0.05, 0) is 12.8 Å². The Morgan fingerprint density at radius 3 is 2.00 bits per heavy atom. The average Bonchev–Trinajstić information content (AvgIpc) is 2.36. The summed E-state index contributed by atoms with van der Waals surface area (Å²) in [6.45, 7) is 2.24. The van der Waals surface area contributed by atoms with Crippen LogP contribution in [-0.2, 0) is 9.53 Å². The van der Waals surface area contributed by atoms with E-state index in [-0.39, 0.29) is 35.4 Å². The van der Waals surface area contributed by atoms with Gasteiger partial charge in [0.25, 0.3) is 0 Å². The molecule has 1 unspecified atom stereocenters. The first kappa shape index (κ1) is 22.0. The molecule has 0 aromatic carbocycles. The van der Waals surface area contributed by atoms with Gasteiger partial charge in [0.15, 0.2) is 6.23 Å². The van der Waals surface area contributed by atoms with E-state index < -0.39 is 12.2 Å². The SMILES string of the molecule is CCCCCCCCCCCC(N)OC(=O)CCl.[NaH]. The van der Waals surface area contributed by atoms with Crippen molar-refractivity contribution in [3.63, 3.8) is 0 Å². The first-order valence-electron chi connectivity index (χ1n) is 7.21. The van der Waals surface area contributed by atoms with Gasteiger partial charge in [-0.25, -0.2) is 0 Å². The second-order valence-electron chi connectivity index (χ2n) is 4.78. The zero-order valence-corrected chi connectivity index (χ0v) is 12.4. The fourth-order valence-corrected chi connectivity index (χ4v) is 1.98. The number of hydrogen-bond donors (Lipinski definition) is 1. The van der Waals surface area contributed by atoms with Gasteiger partial charge >= 0.3 is 35.5 Å². The Bertz CT molecular complexity index is 206. The van der Waals surface area contributed by atoms with Crippen molar-refractivity contribution in [2.45, 2.75) is 77.4 Å². The van der Waals surface area contributed by atoms with Gasteiger partial charge in [0.1, 0.15) is 5.88 Å². The zero-order chi connectivity index (χ0) is 13.6. The molecular formula is C14H29ClNNaO2. The number of unbranched alkanes of at least 4 members (excludes halogenated alkanes) is 8. The van der Waals surface area contributed by atoms with Crippen LogP contribution in [0.2, 0.25) is 0 Å². The zero-order valence-electron chi connectivity index (χ0n) is 11.6. The van der Waals surface area contributed by atoms with Crippen LogP contribution in [0.25, 0.3) is 0 Å². The Morgan fingerprint density at radius 2 is 1.53 bits per heavy atom. The van der Waals surface area contributed by atoms with Crippen molar-refractivity contribution in [2.24, 2.45) is 5.73 Å². The molecule has 3 nitrogen and oxygen atoms in total. The maximum atomic E-state index is 10.8. The Kier molecular flexibility index (Phi) is 19.4. The number of carbonyl (C=O) groups is 1. The molecule has 0 saturated carbocycles. The van der Waals surface area contributed by atoms with Gasteiger partial charge in [-0.2, -0.15) is 0 Å². The number of esters is 1. The van der Waals surface area contributed by atoms with Crippen molar-refractivity contribution >= 4 is 47.1 Å². The summed E-state index contributed by atoms with van der Waals surface area (Å²) >= 11 is 5.32. The fraction of sp³-hybridized carbons (Fsp3) is 0.929. The van der Waals surface area contributed by atoms with Crippen molar-refractivity contribution in [3.05, 3.63) is 0 Å². The number of alkyl halides is 1. The Hall–Kier alpha value is 0.720. The van der Waals surface area contributed by atoms with Crippen LogP contribution in [0.15, 0.2) is 0 Å². The van der Waals surface area contributed by atoms with E-state index in [0.717, 1.165) is 12.8 Å². The van der Waals surface area contributed by atoms with Gasteiger partial charge in [-0.3, -0.25) is 10.5 Å². The van der Waals surface area contributed by atoms with Crippen LogP contribution in [0, 0.1) is 0 Å². The summed E-state index contributed by atoms with van der Waals surface area (Å²) in [5.74, 6) is -0.550. The van der Waals surface area contributed by atoms with Crippen LogP contribution < -0.4 is 5.73 Å². The van der Waals surface area contributed by atoms with E-state index in [9.17, 15) is 4.79 Å². The number of halogens is 1. The monoisotopic (exact) mass is 301 g/mol. The predicted molar refractivity (Wildman–Crippen MR) is 83.8 cm³/mol. The maximum absolute atomic E-state index is 10.8. The molecule has 5 heteroatoms. The van der Waals surface area contributed by atoms with Crippen molar-refractivity contribution in [1.29, 1.82) is 0 Å². The first-order valence-corrected chi connectivity index (χ1v) is 7.75. The average molecular weight is 302 g/mol. The van der Waals surface area contributed by atoms with Crippen LogP contribution in [-0.4, -0.2) is 47.6 Å². The van der Waals surface area contributed by atoms with Gasteiger partial charge in [0.05, 0.1) is 0 Å². The number of carbonyl (C=O) groups excluding carboxylic acids is 1. The summed E-state index contributed by atoms with van der Waals surface area (Å²) in [4.78, 5) is 10.8. The molecule has 0 heterocycles. The molecule has 0 aliphatic rings. The number of hydrogen-bond acceptors (Lipinski definition) is 3. The van der Waals surface area contributed by atoms with E-state index >= 15 is 0 Å². The molecule has 0 radical (unpaired) electrons. The predicted octanol–water partition coefficient (Wildman–Crippen LogP) is 3.33. The van der Waals surface area contributed by atoms with Crippen LogP contribution in [0.4, 0.5) is 0 Å². The van der Waals surface area contributed by atoms with Gasteiger partial charge < -0.3 is 4.74 Å². The van der Waals surface area contributed by atoms with Crippen LogP contribution in [0.5, 0.6) is 0 Å². The van der Waals surface area contributed by atoms with Gasteiger partial charge in [0.2, 0.25) is 0 Å². The topological polar surface area (TPSA) is 52.3 Å². The molecule has 0 spiro atoms. The van der Waals surface area contributed by atoms with Crippen molar-refractivity contribution in [3.8, 4) is 0 Å². The van der Waals surface area contributed by atoms with Crippen molar-refractivity contribution < 1.29 is 9.53 Å². The summed E-state index contributed by atoms with van der Waals surface area (Å²) in [6, 6.07) is 0. The molecule has 0 aromatic rings. The van der Waals surface area contributed by atoms with Gasteiger partial charge in [0, 0.05) is 0 Å². The molecular weight excluding hydrogens is 273 g/mol. The molecule has 0 aromatic heterocycles. The second kappa shape index (κ2) is 16.8. The third-order valence-corrected chi connectivity index (χ3v) is 3.20. The third-order valence-electron chi connectivity index (χ3n) is 2.98. The third kappa shape index (κ3) is 16.7. The van der Waals surface area contributed by atoms with Crippen molar-refractivity contribution in [1.82, 2.24) is 0 Å². The summed E-state index contributed by atoms with van der Waals surface area (Å²) < 4.78 is 4.88. The molecule has 0 aliphatic heterocycles. The van der Waals surface area contributed by atoms with Crippen LogP contribution in [0.3, 0.4) is 0 Å². The summed E-state index contributed by atoms with van der Waals surface area (Å²) in [5.41, 5.74) is 5.64. The summed E-state index contributed by atoms with van der Waals surface area (Å²) in [6.07, 6.45) is 11.7. The van der Waals surface area contributed by atoms with Gasteiger partial charge in [-0.1, -0.05) is 58.3 Å². The molecule has 0 amide bonds.